The third kappa shape index (κ3) is 7.53. The molecular formula is C15H31N3O. The van der Waals surface area contributed by atoms with Crippen LogP contribution in [0, 0.1) is 5.92 Å². The van der Waals surface area contributed by atoms with Gasteiger partial charge in [0.1, 0.15) is 0 Å². The van der Waals surface area contributed by atoms with Crippen LogP contribution in [0.25, 0.3) is 0 Å². The number of amides is 1. The van der Waals surface area contributed by atoms with Crippen molar-refractivity contribution in [2.24, 2.45) is 5.92 Å². The molecule has 4 nitrogen and oxygen atoms in total. The summed E-state index contributed by atoms with van der Waals surface area (Å²) in [7, 11) is 2.05. The fraction of sp³-hybridized carbons (Fsp3) is 0.933. The summed E-state index contributed by atoms with van der Waals surface area (Å²) in [5.41, 5.74) is 0. The van der Waals surface area contributed by atoms with Crippen LogP contribution in [0.15, 0.2) is 0 Å². The highest BCUT2D eigenvalue weighted by Crippen LogP contribution is 2.15. The highest BCUT2D eigenvalue weighted by Gasteiger charge is 2.15. The largest absolute Gasteiger partial charge is 0.353 e. The SMILES string of the molecule is CCCC(C)NC(=O)CN(C)CCC1CCNCC1. The van der Waals surface area contributed by atoms with Crippen molar-refractivity contribution < 1.29 is 4.79 Å². The van der Waals surface area contributed by atoms with Crippen molar-refractivity contribution in [2.45, 2.75) is 52.0 Å². The molecule has 0 bridgehead atoms. The Labute approximate surface area is 118 Å². The van der Waals surface area contributed by atoms with E-state index >= 15 is 0 Å². The second kappa shape index (κ2) is 9.32. The average Bonchev–Trinajstić information content (AvgIpc) is 2.37. The predicted octanol–water partition coefficient (Wildman–Crippen LogP) is 1.61. The fourth-order valence-electron chi connectivity index (χ4n) is 2.72. The third-order valence-corrected chi connectivity index (χ3v) is 3.92. The molecule has 1 amide bonds. The monoisotopic (exact) mass is 269 g/mol. The number of carbonyl (C=O) groups excluding carboxylic acids is 1. The van der Waals surface area contributed by atoms with Gasteiger partial charge in [0.05, 0.1) is 6.54 Å². The van der Waals surface area contributed by atoms with Crippen LogP contribution in [0.4, 0.5) is 0 Å². The molecule has 4 heteroatoms. The molecule has 1 fully saturated rings. The van der Waals surface area contributed by atoms with Gasteiger partial charge in [-0.2, -0.15) is 0 Å². The molecule has 1 rings (SSSR count). The van der Waals surface area contributed by atoms with Crippen molar-refractivity contribution in [2.75, 3.05) is 33.2 Å². The van der Waals surface area contributed by atoms with Gasteiger partial charge in [-0.05, 0) is 65.2 Å². The molecule has 112 valence electrons. The summed E-state index contributed by atoms with van der Waals surface area (Å²) in [5, 5.41) is 6.45. The predicted molar refractivity (Wildman–Crippen MR) is 80.2 cm³/mol. The molecule has 0 aromatic rings. The zero-order valence-electron chi connectivity index (χ0n) is 12.9. The fourth-order valence-corrected chi connectivity index (χ4v) is 2.72. The normalized spacial score (nSPS) is 18.5. The van der Waals surface area contributed by atoms with Crippen molar-refractivity contribution in [1.29, 1.82) is 0 Å². The molecule has 0 radical (unpaired) electrons. The quantitative estimate of drug-likeness (QED) is 0.704. The number of hydrogen-bond donors (Lipinski definition) is 2. The lowest BCUT2D eigenvalue weighted by Crippen LogP contribution is -2.40. The minimum absolute atomic E-state index is 0.161. The van der Waals surface area contributed by atoms with E-state index in [1.54, 1.807) is 0 Å². The highest BCUT2D eigenvalue weighted by molar-refractivity contribution is 5.78. The topological polar surface area (TPSA) is 44.4 Å². The van der Waals surface area contributed by atoms with E-state index in [9.17, 15) is 4.79 Å². The van der Waals surface area contributed by atoms with Crippen molar-refractivity contribution >= 4 is 5.91 Å². The molecule has 1 atom stereocenters. The first-order chi connectivity index (χ1) is 9.11. The van der Waals surface area contributed by atoms with Gasteiger partial charge >= 0.3 is 0 Å². The molecule has 1 aliphatic heterocycles. The number of hydrogen-bond acceptors (Lipinski definition) is 3. The van der Waals surface area contributed by atoms with E-state index in [1.807, 2.05) is 7.05 Å². The summed E-state index contributed by atoms with van der Waals surface area (Å²) in [6, 6.07) is 0.301. The van der Waals surface area contributed by atoms with Crippen LogP contribution < -0.4 is 10.6 Å². The Balaban J connectivity index is 2.11. The molecule has 1 aliphatic rings. The van der Waals surface area contributed by atoms with Gasteiger partial charge in [-0.3, -0.25) is 9.69 Å². The second-order valence-electron chi connectivity index (χ2n) is 5.98. The van der Waals surface area contributed by atoms with Gasteiger partial charge in [-0.15, -0.1) is 0 Å². The first-order valence-corrected chi connectivity index (χ1v) is 7.80. The van der Waals surface area contributed by atoms with Crippen molar-refractivity contribution in [3.8, 4) is 0 Å². The Morgan fingerprint density at radius 3 is 2.74 bits per heavy atom. The Morgan fingerprint density at radius 2 is 2.11 bits per heavy atom. The van der Waals surface area contributed by atoms with Crippen LogP contribution in [0.2, 0.25) is 0 Å². The Bertz CT molecular complexity index is 252. The van der Waals surface area contributed by atoms with E-state index in [4.69, 9.17) is 0 Å². The Morgan fingerprint density at radius 1 is 1.42 bits per heavy atom. The van der Waals surface area contributed by atoms with E-state index in [2.05, 4.69) is 29.4 Å². The molecule has 2 N–H and O–H groups in total. The van der Waals surface area contributed by atoms with Crippen LogP contribution in [0.5, 0.6) is 0 Å². The summed E-state index contributed by atoms with van der Waals surface area (Å²) < 4.78 is 0. The van der Waals surface area contributed by atoms with E-state index < -0.39 is 0 Å². The average molecular weight is 269 g/mol. The van der Waals surface area contributed by atoms with Crippen LogP contribution in [0.3, 0.4) is 0 Å². The van der Waals surface area contributed by atoms with Crippen LogP contribution in [0.1, 0.15) is 46.0 Å². The molecule has 1 saturated heterocycles. The maximum atomic E-state index is 11.8. The number of nitrogens with one attached hydrogen (secondary N) is 2. The lowest BCUT2D eigenvalue weighted by atomic mass is 9.94. The van der Waals surface area contributed by atoms with Gasteiger partial charge in [0.2, 0.25) is 5.91 Å². The van der Waals surface area contributed by atoms with Crippen LogP contribution in [-0.2, 0) is 4.79 Å². The van der Waals surface area contributed by atoms with Gasteiger partial charge in [-0.1, -0.05) is 13.3 Å². The van der Waals surface area contributed by atoms with Crippen molar-refractivity contribution in [1.82, 2.24) is 15.5 Å². The van der Waals surface area contributed by atoms with Crippen LogP contribution >= 0.6 is 0 Å². The maximum Gasteiger partial charge on any atom is 0.234 e. The smallest absolute Gasteiger partial charge is 0.234 e. The van der Waals surface area contributed by atoms with Gasteiger partial charge < -0.3 is 10.6 Å². The van der Waals surface area contributed by atoms with Crippen molar-refractivity contribution in [3.63, 3.8) is 0 Å². The number of carbonyl (C=O) groups is 1. The van der Waals surface area contributed by atoms with E-state index in [1.165, 1.54) is 19.3 Å². The maximum absolute atomic E-state index is 11.8. The molecular weight excluding hydrogens is 238 g/mol. The third-order valence-electron chi connectivity index (χ3n) is 3.92. The summed E-state index contributed by atoms with van der Waals surface area (Å²) in [6.45, 7) is 8.09. The molecule has 19 heavy (non-hydrogen) atoms. The Kier molecular flexibility index (Phi) is 8.07. The first-order valence-electron chi connectivity index (χ1n) is 7.80. The molecule has 0 spiro atoms. The number of rotatable bonds is 8. The number of piperidine rings is 1. The summed E-state index contributed by atoms with van der Waals surface area (Å²) >= 11 is 0. The highest BCUT2D eigenvalue weighted by atomic mass is 16.2. The molecule has 0 aromatic carbocycles. The van der Waals surface area contributed by atoms with Gasteiger partial charge in [0.25, 0.3) is 0 Å². The first kappa shape index (κ1) is 16.4. The summed E-state index contributed by atoms with van der Waals surface area (Å²) in [5.74, 6) is 1.000. The summed E-state index contributed by atoms with van der Waals surface area (Å²) in [4.78, 5) is 14.0. The van der Waals surface area contributed by atoms with Crippen molar-refractivity contribution in [3.05, 3.63) is 0 Å². The lowest BCUT2D eigenvalue weighted by molar-refractivity contribution is -0.122. The standard InChI is InChI=1S/C15H31N3O/c1-4-5-13(2)17-15(19)12-18(3)11-8-14-6-9-16-10-7-14/h13-14,16H,4-12H2,1-3H3,(H,17,19). The molecule has 1 heterocycles. The minimum atomic E-state index is 0.161. The van der Waals surface area contributed by atoms with E-state index in [-0.39, 0.29) is 5.91 Å². The molecule has 0 aromatic heterocycles. The van der Waals surface area contributed by atoms with Gasteiger partial charge in [0, 0.05) is 6.04 Å². The molecule has 0 saturated carbocycles. The van der Waals surface area contributed by atoms with E-state index in [0.29, 0.717) is 12.6 Å². The zero-order chi connectivity index (χ0) is 14.1. The lowest BCUT2D eigenvalue weighted by Gasteiger charge is -2.25. The molecule has 0 aliphatic carbocycles. The molecule has 1 unspecified atom stereocenters. The summed E-state index contributed by atoms with van der Waals surface area (Å²) in [6.07, 6.45) is 5.97. The van der Waals surface area contributed by atoms with E-state index in [0.717, 1.165) is 38.4 Å². The zero-order valence-corrected chi connectivity index (χ0v) is 12.9. The number of nitrogens with zero attached hydrogens (tertiary/aromatic N) is 1. The second-order valence-corrected chi connectivity index (χ2v) is 5.98. The number of likely N-dealkylation sites (N-methyl/N-ethyl adjacent to an activating group) is 1. The van der Waals surface area contributed by atoms with Gasteiger partial charge in [-0.25, -0.2) is 0 Å². The van der Waals surface area contributed by atoms with Gasteiger partial charge in [0.15, 0.2) is 0 Å². The minimum Gasteiger partial charge on any atom is -0.353 e. The Hall–Kier alpha value is -0.610. The van der Waals surface area contributed by atoms with Crippen LogP contribution in [-0.4, -0.2) is 50.1 Å².